The lowest BCUT2D eigenvalue weighted by molar-refractivity contribution is -0.156. The molecule has 0 aromatic heterocycles. The molecule has 1 aliphatic rings. The molecule has 22 heavy (non-hydrogen) atoms. The molecule has 0 heterocycles. The second-order valence-corrected chi connectivity index (χ2v) is 6.80. The van der Waals surface area contributed by atoms with Crippen LogP contribution in [0.1, 0.15) is 84.0 Å². The Morgan fingerprint density at radius 2 is 1.59 bits per heavy atom. The van der Waals surface area contributed by atoms with Crippen molar-refractivity contribution in [2.75, 3.05) is 6.54 Å². The molecule has 0 aromatic carbocycles. The molecule has 0 spiro atoms. The van der Waals surface area contributed by atoms with E-state index in [0.29, 0.717) is 19.3 Å². The van der Waals surface area contributed by atoms with Crippen LogP contribution >= 0.6 is 0 Å². The molecule has 0 aromatic rings. The van der Waals surface area contributed by atoms with Gasteiger partial charge in [0.25, 0.3) is 0 Å². The predicted molar refractivity (Wildman–Crippen MR) is 88.7 cm³/mol. The first kappa shape index (κ1) is 19.1. The van der Waals surface area contributed by atoms with Crippen molar-refractivity contribution < 1.29 is 14.7 Å². The Morgan fingerprint density at radius 3 is 2.09 bits per heavy atom. The molecule has 0 amide bonds. The zero-order valence-electron chi connectivity index (χ0n) is 14.1. The molecule has 1 rings (SSSR count). The standard InChI is InChI=1S/C18H33NO3/c1-2-3-4-5-6-7-8-11-15(16(20)14-19)18(17(21)22)12-9-10-13-18/h15H,2-14,19H2,1H3,(H,21,22). The highest BCUT2D eigenvalue weighted by atomic mass is 16.4. The number of Topliss-reactive ketones (excluding diaryl/α,β-unsaturated/α-hetero) is 1. The highest BCUT2D eigenvalue weighted by Gasteiger charge is 2.49. The minimum absolute atomic E-state index is 0.0316. The molecule has 0 bridgehead atoms. The van der Waals surface area contributed by atoms with Crippen molar-refractivity contribution in [3.05, 3.63) is 0 Å². The lowest BCUT2D eigenvalue weighted by Crippen LogP contribution is -2.42. The number of aliphatic carboxylic acids is 1. The molecule has 4 heteroatoms. The fourth-order valence-corrected chi connectivity index (χ4v) is 3.91. The van der Waals surface area contributed by atoms with E-state index < -0.39 is 11.4 Å². The summed E-state index contributed by atoms with van der Waals surface area (Å²) in [5, 5.41) is 9.69. The van der Waals surface area contributed by atoms with Gasteiger partial charge in [0.15, 0.2) is 5.78 Å². The highest BCUT2D eigenvalue weighted by molar-refractivity contribution is 5.89. The predicted octanol–water partition coefficient (Wildman–Crippen LogP) is 3.92. The van der Waals surface area contributed by atoms with Crippen molar-refractivity contribution in [2.45, 2.75) is 84.0 Å². The van der Waals surface area contributed by atoms with Crippen LogP contribution in [-0.4, -0.2) is 23.4 Å². The maximum Gasteiger partial charge on any atom is 0.310 e. The molecule has 0 saturated heterocycles. The van der Waals surface area contributed by atoms with Gasteiger partial charge in [-0.05, 0) is 19.3 Å². The van der Waals surface area contributed by atoms with E-state index in [1.807, 2.05) is 0 Å². The first-order valence-electron chi connectivity index (χ1n) is 9.04. The van der Waals surface area contributed by atoms with Gasteiger partial charge in [-0.3, -0.25) is 9.59 Å². The number of carboxylic acids is 1. The number of hydrogen-bond acceptors (Lipinski definition) is 3. The van der Waals surface area contributed by atoms with Gasteiger partial charge in [-0.2, -0.15) is 0 Å². The Balaban J connectivity index is 2.51. The Hall–Kier alpha value is -0.900. The topological polar surface area (TPSA) is 80.4 Å². The van der Waals surface area contributed by atoms with Crippen LogP contribution in [0.15, 0.2) is 0 Å². The van der Waals surface area contributed by atoms with Crippen LogP contribution < -0.4 is 5.73 Å². The Morgan fingerprint density at radius 1 is 1.05 bits per heavy atom. The van der Waals surface area contributed by atoms with Gasteiger partial charge in [0, 0.05) is 5.92 Å². The van der Waals surface area contributed by atoms with Crippen LogP contribution in [0.5, 0.6) is 0 Å². The van der Waals surface area contributed by atoms with E-state index >= 15 is 0 Å². The highest BCUT2D eigenvalue weighted by Crippen LogP contribution is 2.47. The summed E-state index contributed by atoms with van der Waals surface area (Å²) >= 11 is 0. The van der Waals surface area contributed by atoms with Gasteiger partial charge in [-0.15, -0.1) is 0 Å². The van der Waals surface area contributed by atoms with Crippen LogP contribution in [0.25, 0.3) is 0 Å². The molecular weight excluding hydrogens is 278 g/mol. The Labute approximate surface area is 134 Å². The largest absolute Gasteiger partial charge is 0.481 e. The van der Waals surface area contributed by atoms with Crippen LogP contribution in [0.4, 0.5) is 0 Å². The van der Waals surface area contributed by atoms with E-state index in [9.17, 15) is 14.7 Å². The van der Waals surface area contributed by atoms with E-state index in [2.05, 4.69) is 6.92 Å². The molecule has 4 nitrogen and oxygen atoms in total. The number of ketones is 1. The van der Waals surface area contributed by atoms with Gasteiger partial charge in [-0.1, -0.05) is 64.7 Å². The van der Waals surface area contributed by atoms with Crippen molar-refractivity contribution >= 4 is 11.8 Å². The van der Waals surface area contributed by atoms with E-state index in [-0.39, 0.29) is 18.2 Å². The SMILES string of the molecule is CCCCCCCCCC(C(=O)CN)C1(C(=O)O)CCCC1. The van der Waals surface area contributed by atoms with Gasteiger partial charge in [-0.25, -0.2) is 0 Å². The minimum atomic E-state index is -0.835. The van der Waals surface area contributed by atoms with Crippen molar-refractivity contribution in [2.24, 2.45) is 17.1 Å². The number of carboxylic acid groups (broad SMARTS) is 1. The summed E-state index contributed by atoms with van der Waals surface area (Å²) in [6.07, 6.45) is 12.1. The number of hydrogen-bond donors (Lipinski definition) is 2. The zero-order chi connectivity index (χ0) is 16.4. The maximum absolute atomic E-state index is 12.2. The normalized spacial score (nSPS) is 18.3. The quantitative estimate of drug-likeness (QED) is 0.535. The average Bonchev–Trinajstić information content (AvgIpc) is 3.00. The van der Waals surface area contributed by atoms with Crippen LogP contribution in [0.2, 0.25) is 0 Å². The second-order valence-electron chi connectivity index (χ2n) is 6.80. The average molecular weight is 311 g/mol. The molecule has 0 radical (unpaired) electrons. The molecule has 0 aliphatic heterocycles. The van der Waals surface area contributed by atoms with Crippen LogP contribution in [0, 0.1) is 11.3 Å². The molecular formula is C18H33NO3. The number of nitrogens with two attached hydrogens (primary N) is 1. The molecule has 1 saturated carbocycles. The molecule has 3 N–H and O–H groups in total. The summed E-state index contributed by atoms with van der Waals surface area (Å²) in [7, 11) is 0. The lowest BCUT2D eigenvalue weighted by Gasteiger charge is -2.32. The summed E-state index contributed by atoms with van der Waals surface area (Å²) in [4.78, 5) is 24.0. The molecule has 128 valence electrons. The molecule has 1 fully saturated rings. The van der Waals surface area contributed by atoms with E-state index in [0.717, 1.165) is 25.7 Å². The molecule has 1 atom stereocenters. The summed E-state index contributed by atoms with van der Waals surface area (Å²) in [6.45, 7) is 2.17. The van der Waals surface area contributed by atoms with Gasteiger partial charge < -0.3 is 10.8 Å². The van der Waals surface area contributed by atoms with Crippen molar-refractivity contribution in [3.63, 3.8) is 0 Å². The number of carbonyl (C=O) groups is 2. The van der Waals surface area contributed by atoms with Crippen LogP contribution in [0.3, 0.4) is 0 Å². The fraction of sp³-hybridized carbons (Fsp3) is 0.889. The molecule has 1 unspecified atom stereocenters. The van der Waals surface area contributed by atoms with Gasteiger partial charge in [0.2, 0.25) is 0 Å². The first-order chi connectivity index (χ1) is 10.6. The maximum atomic E-state index is 12.2. The molecule has 1 aliphatic carbocycles. The van der Waals surface area contributed by atoms with Crippen LogP contribution in [-0.2, 0) is 9.59 Å². The number of rotatable bonds is 12. The monoisotopic (exact) mass is 311 g/mol. The van der Waals surface area contributed by atoms with E-state index in [1.165, 1.54) is 32.1 Å². The lowest BCUT2D eigenvalue weighted by atomic mass is 9.69. The van der Waals surface area contributed by atoms with Gasteiger partial charge in [0.05, 0.1) is 12.0 Å². The summed E-state index contributed by atoms with van der Waals surface area (Å²) in [6, 6.07) is 0. The second kappa shape index (κ2) is 9.98. The van der Waals surface area contributed by atoms with E-state index in [1.54, 1.807) is 0 Å². The smallest absolute Gasteiger partial charge is 0.310 e. The summed E-state index contributed by atoms with van der Waals surface area (Å²) in [5.74, 6) is -1.23. The minimum Gasteiger partial charge on any atom is -0.481 e. The third-order valence-electron chi connectivity index (χ3n) is 5.27. The third-order valence-corrected chi connectivity index (χ3v) is 5.27. The van der Waals surface area contributed by atoms with Gasteiger partial charge in [0.1, 0.15) is 0 Å². The van der Waals surface area contributed by atoms with Crippen molar-refractivity contribution in [3.8, 4) is 0 Å². The number of unbranched alkanes of at least 4 members (excludes halogenated alkanes) is 6. The zero-order valence-corrected chi connectivity index (χ0v) is 14.1. The van der Waals surface area contributed by atoms with Crippen molar-refractivity contribution in [1.82, 2.24) is 0 Å². The Bertz CT molecular complexity index is 348. The Kier molecular flexibility index (Phi) is 8.69. The first-order valence-corrected chi connectivity index (χ1v) is 9.04. The third kappa shape index (κ3) is 5.08. The van der Waals surface area contributed by atoms with E-state index in [4.69, 9.17) is 5.73 Å². The fourth-order valence-electron chi connectivity index (χ4n) is 3.91. The summed E-state index contributed by atoms with van der Waals surface area (Å²) < 4.78 is 0. The van der Waals surface area contributed by atoms with Crippen molar-refractivity contribution in [1.29, 1.82) is 0 Å². The van der Waals surface area contributed by atoms with Gasteiger partial charge >= 0.3 is 5.97 Å². The number of carbonyl (C=O) groups excluding carboxylic acids is 1. The summed E-state index contributed by atoms with van der Waals surface area (Å²) in [5.41, 5.74) is 4.71.